The van der Waals surface area contributed by atoms with Crippen LogP contribution in [0, 0.1) is 0 Å². The van der Waals surface area contributed by atoms with E-state index in [0.717, 1.165) is 0 Å². The topological polar surface area (TPSA) is 3.24 Å². The quantitative estimate of drug-likeness (QED) is 0.219. The zero-order valence-corrected chi connectivity index (χ0v) is 23.4. The largest absolute Gasteiger partial charge is 0.248 e. The molecule has 1 aliphatic carbocycles. The Morgan fingerprint density at radius 1 is 0.486 bits per heavy atom. The summed E-state index contributed by atoms with van der Waals surface area (Å²) in [7, 11) is -1.06. The SMILES string of the molecule is c1ccc(C2CCC(c3ccccc3)P2N(C2CCCCC2)P(c2ccccc2)c2ccccc2)cc1. The molecule has 0 aromatic heterocycles. The summed E-state index contributed by atoms with van der Waals surface area (Å²) in [4.78, 5) is 0. The first kappa shape index (κ1) is 25.0. The standard InChI is InChI=1S/C34H37NP2/c1-6-16-28(17-7-1)33-26-27-34(29-18-8-2-9-19-29)37(33)35(30-20-10-3-11-21-30)36(31-22-12-4-13-23-31)32-24-14-5-15-25-32/h1-2,4-9,12-19,22-25,30,33-34H,3,10-11,20-21,26-27H2. The average Bonchev–Trinajstić information content (AvgIpc) is 3.43. The van der Waals surface area contributed by atoms with Crippen LogP contribution in [0.25, 0.3) is 0 Å². The van der Waals surface area contributed by atoms with E-state index in [0.29, 0.717) is 17.4 Å². The third-order valence-corrected chi connectivity index (χ3v) is 14.7. The van der Waals surface area contributed by atoms with Gasteiger partial charge in [0.25, 0.3) is 0 Å². The van der Waals surface area contributed by atoms with Gasteiger partial charge in [-0.15, -0.1) is 0 Å². The van der Waals surface area contributed by atoms with Gasteiger partial charge >= 0.3 is 0 Å². The van der Waals surface area contributed by atoms with Crippen LogP contribution in [0.2, 0.25) is 0 Å². The van der Waals surface area contributed by atoms with Gasteiger partial charge in [0.05, 0.1) is 0 Å². The molecular weight excluding hydrogens is 484 g/mol. The lowest BCUT2D eigenvalue weighted by Crippen LogP contribution is -2.36. The molecule has 1 aliphatic heterocycles. The van der Waals surface area contributed by atoms with Gasteiger partial charge in [0.2, 0.25) is 0 Å². The van der Waals surface area contributed by atoms with Crippen molar-refractivity contribution >= 4 is 26.8 Å². The molecule has 1 nitrogen and oxygen atoms in total. The molecule has 0 amide bonds. The van der Waals surface area contributed by atoms with E-state index in [-0.39, 0.29) is 0 Å². The van der Waals surface area contributed by atoms with Crippen molar-refractivity contribution in [2.45, 2.75) is 62.3 Å². The van der Waals surface area contributed by atoms with Crippen LogP contribution in [0.1, 0.15) is 67.4 Å². The molecule has 2 unspecified atom stereocenters. The summed E-state index contributed by atoms with van der Waals surface area (Å²) < 4.78 is 3.15. The Morgan fingerprint density at radius 3 is 1.32 bits per heavy atom. The number of benzene rings is 4. The van der Waals surface area contributed by atoms with E-state index in [2.05, 4.69) is 126 Å². The highest BCUT2D eigenvalue weighted by molar-refractivity contribution is 7.79. The second kappa shape index (κ2) is 12.0. The first-order valence-corrected chi connectivity index (χ1v) is 16.7. The predicted octanol–water partition coefficient (Wildman–Crippen LogP) is 9.34. The summed E-state index contributed by atoms with van der Waals surface area (Å²) in [6.45, 7) is 0. The van der Waals surface area contributed by atoms with Gasteiger partial charge in [-0.1, -0.05) is 141 Å². The van der Waals surface area contributed by atoms with E-state index in [1.165, 1.54) is 55.6 Å². The summed E-state index contributed by atoms with van der Waals surface area (Å²) in [6.07, 6.45) is 9.35. The molecule has 4 aromatic rings. The first-order valence-electron chi connectivity index (χ1n) is 14.0. The van der Waals surface area contributed by atoms with Gasteiger partial charge in [0.1, 0.15) is 0 Å². The van der Waals surface area contributed by atoms with Gasteiger partial charge in [-0.2, -0.15) is 0 Å². The van der Waals surface area contributed by atoms with Crippen molar-refractivity contribution in [2.24, 2.45) is 0 Å². The second-order valence-electron chi connectivity index (χ2n) is 10.4. The maximum Gasteiger partial charge on any atom is 0.0321 e. The molecule has 1 heterocycles. The molecule has 0 radical (unpaired) electrons. The maximum absolute atomic E-state index is 3.15. The summed E-state index contributed by atoms with van der Waals surface area (Å²) in [5.41, 5.74) is 4.31. The Morgan fingerprint density at radius 2 is 0.892 bits per heavy atom. The molecule has 1 saturated carbocycles. The molecule has 0 bridgehead atoms. The van der Waals surface area contributed by atoms with E-state index in [1.807, 2.05) is 0 Å². The maximum atomic E-state index is 3.15. The lowest BCUT2D eigenvalue weighted by molar-refractivity contribution is 0.351. The van der Waals surface area contributed by atoms with Crippen molar-refractivity contribution in [3.05, 3.63) is 132 Å². The van der Waals surface area contributed by atoms with E-state index in [4.69, 9.17) is 0 Å². The zero-order chi connectivity index (χ0) is 24.9. The minimum absolute atomic E-state index is 0.435. The first-order chi connectivity index (χ1) is 18.4. The number of hydrogen-bond acceptors (Lipinski definition) is 1. The van der Waals surface area contributed by atoms with Crippen molar-refractivity contribution in [3.63, 3.8) is 0 Å². The highest BCUT2D eigenvalue weighted by Crippen LogP contribution is 2.77. The molecule has 6 rings (SSSR count). The highest BCUT2D eigenvalue weighted by atomic mass is 31.2. The van der Waals surface area contributed by atoms with E-state index in [1.54, 1.807) is 11.1 Å². The fraction of sp³-hybridized carbons (Fsp3) is 0.294. The lowest BCUT2D eigenvalue weighted by atomic mass is 9.96. The minimum atomic E-state index is -0.620. The van der Waals surface area contributed by atoms with Gasteiger partial charge in [-0.3, -0.25) is 0 Å². The fourth-order valence-corrected chi connectivity index (χ4v) is 14.2. The molecule has 37 heavy (non-hydrogen) atoms. The lowest BCUT2D eigenvalue weighted by Gasteiger charge is -2.48. The molecule has 2 fully saturated rings. The van der Waals surface area contributed by atoms with E-state index in [9.17, 15) is 0 Å². The minimum Gasteiger partial charge on any atom is -0.248 e. The molecule has 0 N–H and O–H groups in total. The average molecular weight is 522 g/mol. The van der Waals surface area contributed by atoms with Crippen LogP contribution in [-0.4, -0.2) is 10.5 Å². The fourth-order valence-electron chi connectivity index (χ4n) is 6.36. The van der Waals surface area contributed by atoms with Gasteiger partial charge in [0, 0.05) is 25.4 Å². The Balaban J connectivity index is 1.54. The van der Waals surface area contributed by atoms with Crippen LogP contribution < -0.4 is 10.6 Å². The zero-order valence-electron chi connectivity index (χ0n) is 21.6. The third kappa shape index (κ3) is 5.47. The number of hydrogen-bond donors (Lipinski definition) is 0. The van der Waals surface area contributed by atoms with Crippen molar-refractivity contribution in [1.29, 1.82) is 0 Å². The van der Waals surface area contributed by atoms with Crippen LogP contribution in [-0.2, 0) is 0 Å². The van der Waals surface area contributed by atoms with Crippen LogP contribution in [0.15, 0.2) is 121 Å². The normalized spacial score (nSPS) is 22.5. The van der Waals surface area contributed by atoms with Crippen LogP contribution >= 0.6 is 16.1 Å². The number of rotatable bonds is 7. The van der Waals surface area contributed by atoms with Gasteiger partial charge in [-0.05, 0) is 55.5 Å². The van der Waals surface area contributed by atoms with Crippen molar-refractivity contribution in [3.8, 4) is 0 Å². The summed E-state index contributed by atoms with van der Waals surface area (Å²) in [5, 5.41) is 3.00. The van der Waals surface area contributed by atoms with Crippen molar-refractivity contribution in [2.75, 3.05) is 0 Å². The molecule has 2 aliphatic rings. The summed E-state index contributed by atoms with van der Waals surface area (Å²) in [6, 6.07) is 46.6. The van der Waals surface area contributed by atoms with Crippen LogP contribution in [0.5, 0.6) is 0 Å². The molecule has 0 spiro atoms. The molecule has 3 heteroatoms. The highest BCUT2D eigenvalue weighted by Gasteiger charge is 2.46. The Labute approximate surface area is 225 Å². The van der Waals surface area contributed by atoms with Gasteiger partial charge in [-0.25, -0.2) is 4.44 Å². The second-order valence-corrected chi connectivity index (χ2v) is 15.2. The molecular formula is C34H37NP2. The monoisotopic (exact) mass is 521 g/mol. The molecule has 1 saturated heterocycles. The van der Waals surface area contributed by atoms with Crippen LogP contribution in [0.3, 0.4) is 0 Å². The van der Waals surface area contributed by atoms with Crippen molar-refractivity contribution < 1.29 is 0 Å². The summed E-state index contributed by atoms with van der Waals surface area (Å²) in [5.74, 6) is 0. The molecule has 188 valence electrons. The van der Waals surface area contributed by atoms with E-state index < -0.39 is 16.1 Å². The van der Waals surface area contributed by atoms with Gasteiger partial charge < -0.3 is 0 Å². The third-order valence-electron chi connectivity index (χ3n) is 8.07. The van der Waals surface area contributed by atoms with Crippen LogP contribution in [0.4, 0.5) is 0 Å². The molecule has 4 aromatic carbocycles. The van der Waals surface area contributed by atoms with Gasteiger partial charge in [0.15, 0.2) is 0 Å². The summed E-state index contributed by atoms with van der Waals surface area (Å²) >= 11 is 0. The smallest absolute Gasteiger partial charge is 0.0321 e. The Hall–Kier alpha value is -2.30. The predicted molar refractivity (Wildman–Crippen MR) is 162 cm³/mol. The van der Waals surface area contributed by atoms with E-state index >= 15 is 0 Å². The molecule has 2 atom stereocenters. The number of nitrogens with zero attached hydrogens (tertiary/aromatic N) is 1. The Bertz CT molecular complexity index is 1140. The Kier molecular flexibility index (Phi) is 8.14. The van der Waals surface area contributed by atoms with Crippen molar-refractivity contribution in [1.82, 2.24) is 4.44 Å².